The Bertz CT molecular complexity index is 837. The molecule has 0 unspecified atom stereocenters. The van der Waals surface area contributed by atoms with Gasteiger partial charge in [-0.2, -0.15) is 0 Å². The summed E-state index contributed by atoms with van der Waals surface area (Å²) in [5.41, 5.74) is 3.81. The van der Waals surface area contributed by atoms with E-state index >= 15 is 0 Å². The van der Waals surface area contributed by atoms with Crippen LogP contribution < -0.4 is 10.2 Å². The Morgan fingerprint density at radius 3 is 2.60 bits per heavy atom. The highest BCUT2D eigenvalue weighted by molar-refractivity contribution is 8.14. The number of amidine groups is 1. The molecule has 2 aromatic rings. The molecule has 0 spiro atoms. The fourth-order valence-corrected chi connectivity index (χ4v) is 3.57. The highest BCUT2D eigenvalue weighted by atomic mass is 35.5. The first-order valence-electron chi connectivity index (χ1n) is 8.09. The van der Waals surface area contributed by atoms with E-state index in [1.165, 1.54) is 5.56 Å². The van der Waals surface area contributed by atoms with Crippen LogP contribution in [0.1, 0.15) is 18.1 Å². The summed E-state index contributed by atoms with van der Waals surface area (Å²) >= 11 is 7.72. The quantitative estimate of drug-likeness (QED) is 0.776. The van der Waals surface area contributed by atoms with Crippen molar-refractivity contribution >= 4 is 45.9 Å². The van der Waals surface area contributed by atoms with E-state index in [9.17, 15) is 4.79 Å². The lowest BCUT2D eigenvalue weighted by Crippen LogP contribution is -2.39. The fourth-order valence-electron chi connectivity index (χ4n) is 2.56. The Balaban J connectivity index is 1.96. The molecule has 4 nitrogen and oxygen atoms in total. The molecule has 1 atom stereocenters. The van der Waals surface area contributed by atoms with Crippen molar-refractivity contribution in [3.05, 3.63) is 58.6 Å². The second-order valence-corrected chi connectivity index (χ2v) is 7.95. The van der Waals surface area contributed by atoms with Crippen LogP contribution in [0.15, 0.2) is 47.5 Å². The number of anilines is 2. The summed E-state index contributed by atoms with van der Waals surface area (Å²) in [5.74, 6) is 0. The third kappa shape index (κ3) is 4.17. The summed E-state index contributed by atoms with van der Waals surface area (Å²) in [5, 5.41) is 4.55. The van der Waals surface area contributed by atoms with Gasteiger partial charge >= 0.3 is 6.03 Å². The molecule has 130 valence electrons. The number of aliphatic imine (C=N–C) groups is 1. The predicted molar refractivity (Wildman–Crippen MR) is 107 cm³/mol. The normalized spacial score (nSPS) is 16.5. The monoisotopic (exact) mass is 373 g/mol. The Morgan fingerprint density at radius 2 is 1.96 bits per heavy atom. The van der Waals surface area contributed by atoms with Gasteiger partial charge in [0, 0.05) is 10.3 Å². The maximum absolute atomic E-state index is 13.0. The second kappa shape index (κ2) is 7.50. The van der Waals surface area contributed by atoms with Crippen molar-refractivity contribution in [2.75, 3.05) is 11.4 Å². The Labute approximate surface area is 157 Å². The molecule has 0 saturated heterocycles. The molecule has 0 radical (unpaired) electrons. The molecule has 0 saturated carbocycles. The van der Waals surface area contributed by atoms with Crippen LogP contribution in [0.2, 0.25) is 5.02 Å². The van der Waals surface area contributed by atoms with Crippen LogP contribution in [0.4, 0.5) is 16.2 Å². The van der Waals surface area contributed by atoms with Crippen LogP contribution in [0, 0.1) is 13.8 Å². The van der Waals surface area contributed by atoms with E-state index in [1.54, 1.807) is 28.8 Å². The third-order valence-electron chi connectivity index (χ3n) is 4.04. The number of aryl methyl sites for hydroxylation is 2. The average molecular weight is 374 g/mol. The average Bonchev–Trinajstić information content (AvgIpc) is 2.96. The van der Waals surface area contributed by atoms with Gasteiger partial charge in [0.15, 0.2) is 5.17 Å². The molecular formula is C19H20ClN3OS. The van der Waals surface area contributed by atoms with Gasteiger partial charge < -0.3 is 0 Å². The lowest BCUT2D eigenvalue weighted by atomic mass is 10.1. The van der Waals surface area contributed by atoms with Crippen LogP contribution in [0.5, 0.6) is 0 Å². The van der Waals surface area contributed by atoms with E-state index in [4.69, 9.17) is 11.6 Å². The molecule has 0 bridgehead atoms. The number of thioether (sulfide) groups is 1. The number of hydrogen-bond donors (Lipinski definition) is 1. The highest BCUT2D eigenvalue weighted by Crippen LogP contribution is 2.30. The molecule has 0 aliphatic carbocycles. The summed E-state index contributed by atoms with van der Waals surface area (Å²) in [6, 6.07) is 13.0. The molecule has 1 heterocycles. The first-order chi connectivity index (χ1) is 11.9. The van der Waals surface area contributed by atoms with E-state index in [-0.39, 0.29) is 6.03 Å². The minimum absolute atomic E-state index is 0.245. The molecular weight excluding hydrogens is 354 g/mol. The highest BCUT2D eigenvalue weighted by Gasteiger charge is 2.23. The summed E-state index contributed by atoms with van der Waals surface area (Å²) in [6.07, 6.45) is 0. The molecule has 6 heteroatoms. The van der Waals surface area contributed by atoms with E-state index < -0.39 is 0 Å². The smallest absolute Gasteiger partial charge is 0.286 e. The first-order valence-corrected chi connectivity index (χ1v) is 9.35. The van der Waals surface area contributed by atoms with Gasteiger partial charge in [-0.25, -0.2) is 4.79 Å². The summed E-state index contributed by atoms with van der Waals surface area (Å²) < 4.78 is 0. The number of carbonyl (C=O) groups is 1. The number of nitrogens with one attached hydrogen (secondary N) is 1. The standard InChI is InChI=1S/C19H20ClN3OS/c1-12-7-8-17(9-13(12)2)23(16-6-4-5-15(20)10-16)19(24)22-18-21-11-14(3)25-18/h4-10,14H,11H2,1-3H3,(H,21,22,24)/t14-/m0/s1. The van der Waals surface area contributed by atoms with E-state index in [0.717, 1.165) is 17.8 Å². The predicted octanol–water partition coefficient (Wildman–Crippen LogP) is 5.30. The van der Waals surface area contributed by atoms with Gasteiger partial charge in [0.25, 0.3) is 0 Å². The topological polar surface area (TPSA) is 44.7 Å². The van der Waals surface area contributed by atoms with Gasteiger partial charge in [0.2, 0.25) is 0 Å². The molecule has 3 rings (SSSR count). The van der Waals surface area contributed by atoms with Crippen molar-refractivity contribution in [1.29, 1.82) is 0 Å². The fraction of sp³-hybridized carbons (Fsp3) is 0.263. The zero-order chi connectivity index (χ0) is 18.0. The number of urea groups is 1. The number of benzene rings is 2. The zero-order valence-corrected chi connectivity index (χ0v) is 16.0. The molecule has 25 heavy (non-hydrogen) atoms. The molecule has 2 aromatic carbocycles. The number of carbonyl (C=O) groups excluding carboxylic acids is 1. The lowest BCUT2D eigenvalue weighted by Gasteiger charge is -2.24. The van der Waals surface area contributed by atoms with Crippen molar-refractivity contribution in [1.82, 2.24) is 5.32 Å². The number of amides is 2. The van der Waals surface area contributed by atoms with Crippen LogP contribution in [0.3, 0.4) is 0 Å². The maximum atomic E-state index is 13.0. The van der Waals surface area contributed by atoms with Crippen molar-refractivity contribution in [3.63, 3.8) is 0 Å². The Kier molecular flexibility index (Phi) is 5.35. The van der Waals surface area contributed by atoms with Crippen LogP contribution in [-0.4, -0.2) is 23.0 Å². The number of hydrogen-bond acceptors (Lipinski definition) is 3. The molecule has 0 aromatic heterocycles. The van der Waals surface area contributed by atoms with Crippen molar-refractivity contribution in [3.8, 4) is 0 Å². The zero-order valence-electron chi connectivity index (χ0n) is 14.4. The molecule has 0 fully saturated rings. The van der Waals surface area contributed by atoms with Gasteiger partial charge in [-0.15, -0.1) is 0 Å². The van der Waals surface area contributed by atoms with Crippen LogP contribution in [0.25, 0.3) is 0 Å². The molecule has 1 aliphatic rings. The SMILES string of the molecule is Cc1ccc(N(C(=O)NC2=NC[C@H](C)S2)c2cccc(Cl)c2)cc1C. The van der Waals surface area contributed by atoms with Gasteiger partial charge in [0.05, 0.1) is 17.9 Å². The molecule has 2 amide bonds. The minimum atomic E-state index is -0.245. The lowest BCUT2D eigenvalue weighted by molar-refractivity contribution is 0.253. The van der Waals surface area contributed by atoms with Gasteiger partial charge in [-0.1, -0.05) is 42.4 Å². The minimum Gasteiger partial charge on any atom is -0.286 e. The number of nitrogens with zero attached hydrogens (tertiary/aromatic N) is 2. The largest absolute Gasteiger partial charge is 0.332 e. The third-order valence-corrected chi connectivity index (χ3v) is 5.28. The first kappa shape index (κ1) is 17.8. The van der Waals surface area contributed by atoms with Crippen LogP contribution in [-0.2, 0) is 0 Å². The van der Waals surface area contributed by atoms with Crippen molar-refractivity contribution in [2.45, 2.75) is 26.0 Å². The summed E-state index contributed by atoms with van der Waals surface area (Å²) in [7, 11) is 0. The molecule has 1 N–H and O–H groups in total. The van der Waals surface area contributed by atoms with Crippen LogP contribution >= 0.6 is 23.4 Å². The summed E-state index contributed by atoms with van der Waals surface area (Å²) in [4.78, 5) is 19.0. The van der Waals surface area contributed by atoms with E-state index in [0.29, 0.717) is 21.1 Å². The van der Waals surface area contributed by atoms with Gasteiger partial charge in [-0.3, -0.25) is 15.2 Å². The number of rotatable bonds is 2. The summed E-state index contributed by atoms with van der Waals surface area (Å²) in [6.45, 7) is 6.89. The molecule has 1 aliphatic heterocycles. The van der Waals surface area contributed by atoms with E-state index in [1.807, 2.05) is 44.2 Å². The van der Waals surface area contributed by atoms with Crippen molar-refractivity contribution < 1.29 is 4.79 Å². The second-order valence-electron chi connectivity index (χ2n) is 6.09. The van der Waals surface area contributed by atoms with Gasteiger partial charge in [-0.05, 0) is 55.3 Å². The maximum Gasteiger partial charge on any atom is 0.332 e. The Hall–Kier alpha value is -1.98. The van der Waals surface area contributed by atoms with Crippen molar-refractivity contribution in [2.24, 2.45) is 4.99 Å². The Morgan fingerprint density at radius 1 is 1.20 bits per heavy atom. The number of halogens is 1. The van der Waals surface area contributed by atoms with Gasteiger partial charge in [0.1, 0.15) is 0 Å². The van der Waals surface area contributed by atoms with E-state index in [2.05, 4.69) is 17.2 Å².